The Hall–Kier alpha value is -2.54. The van der Waals surface area contributed by atoms with E-state index in [2.05, 4.69) is 10.3 Å². The molecule has 1 aromatic heterocycles. The Bertz CT molecular complexity index is 835. The van der Waals surface area contributed by atoms with E-state index < -0.39 is 17.5 Å². The molecule has 1 heterocycles. The number of rotatable bonds is 4. The third kappa shape index (κ3) is 3.04. The number of para-hydroxylation sites is 2. The first-order valence-electron chi connectivity index (χ1n) is 6.36. The first kappa shape index (κ1) is 14.4. The van der Waals surface area contributed by atoms with E-state index in [0.717, 1.165) is 11.3 Å². The summed E-state index contributed by atoms with van der Waals surface area (Å²) in [5.74, 6) is -1.50. The molecule has 0 bridgehead atoms. The highest BCUT2D eigenvalue weighted by Crippen LogP contribution is 2.27. The molecule has 1 N–H and O–H groups in total. The summed E-state index contributed by atoms with van der Waals surface area (Å²) in [6, 6.07) is 10.4. The molecule has 3 rings (SSSR count). The zero-order chi connectivity index (χ0) is 15.5. The zero-order valence-corrected chi connectivity index (χ0v) is 12.0. The molecule has 0 aliphatic heterocycles. The van der Waals surface area contributed by atoms with Crippen molar-refractivity contribution in [1.82, 2.24) is 4.98 Å². The van der Waals surface area contributed by atoms with Crippen LogP contribution >= 0.6 is 11.3 Å². The van der Waals surface area contributed by atoms with Crippen LogP contribution in [0.25, 0.3) is 10.2 Å². The van der Waals surface area contributed by atoms with Crippen molar-refractivity contribution in [3.63, 3.8) is 0 Å². The minimum absolute atomic E-state index is 0.00649. The monoisotopic (exact) mass is 320 g/mol. The lowest BCUT2D eigenvalue weighted by Crippen LogP contribution is -2.20. The summed E-state index contributed by atoms with van der Waals surface area (Å²) in [7, 11) is 0. The Kier molecular flexibility index (Phi) is 3.97. The minimum atomic E-state index is -0.544. The molecule has 0 aliphatic carbocycles. The lowest BCUT2D eigenvalue weighted by Gasteiger charge is -2.06. The summed E-state index contributed by atoms with van der Waals surface area (Å²) in [6.07, 6.45) is 0. The molecule has 0 fully saturated rings. The normalized spacial score (nSPS) is 10.6. The Balaban J connectivity index is 1.66. The van der Waals surface area contributed by atoms with Crippen LogP contribution in [0.4, 0.5) is 13.9 Å². The van der Waals surface area contributed by atoms with Crippen LogP contribution in [-0.4, -0.2) is 17.5 Å². The topological polar surface area (TPSA) is 51.2 Å². The molecule has 4 nitrogen and oxygen atoms in total. The van der Waals surface area contributed by atoms with Crippen molar-refractivity contribution in [3.8, 4) is 5.75 Å². The molecular formula is C15H10F2N2O2S. The van der Waals surface area contributed by atoms with Gasteiger partial charge in [0.05, 0.1) is 4.70 Å². The van der Waals surface area contributed by atoms with Gasteiger partial charge in [0, 0.05) is 0 Å². The molecule has 0 atom stereocenters. The standard InChI is InChI=1S/C15H10F2N2O2S/c16-9-4-1-2-6-11(9)21-8-13(20)18-15-19-14-10(17)5-3-7-12(14)22-15/h1-7H,8H2,(H,18,19,20). The number of ether oxygens (including phenoxy) is 1. The number of aromatic nitrogens is 1. The lowest BCUT2D eigenvalue weighted by molar-refractivity contribution is -0.118. The van der Waals surface area contributed by atoms with Gasteiger partial charge >= 0.3 is 0 Å². The lowest BCUT2D eigenvalue weighted by atomic mass is 10.3. The van der Waals surface area contributed by atoms with Crippen LogP contribution in [0.15, 0.2) is 42.5 Å². The van der Waals surface area contributed by atoms with Crippen molar-refractivity contribution in [1.29, 1.82) is 0 Å². The predicted octanol–water partition coefficient (Wildman–Crippen LogP) is 3.59. The van der Waals surface area contributed by atoms with E-state index in [1.54, 1.807) is 18.2 Å². The smallest absolute Gasteiger partial charge is 0.264 e. The van der Waals surface area contributed by atoms with E-state index in [-0.39, 0.29) is 23.0 Å². The molecule has 112 valence electrons. The molecule has 0 saturated carbocycles. The van der Waals surface area contributed by atoms with Crippen molar-refractivity contribution in [3.05, 3.63) is 54.1 Å². The number of carbonyl (C=O) groups excluding carboxylic acids is 1. The van der Waals surface area contributed by atoms with E-state index in [4.69, 9.17) is 4.74 Å². The molecule has 0 radical (unpaired) electrons. The van der Waals surface area contributed by atoms with Gasteiger partial charge in [0.15, 0.2) is 23.3 Å². The van der Waals surface area contributed by atoms with Crippen molar-refractivity contribution in [2.24, 2.45) is 0 Å². The molecule has 1 amide bonds. The van der Waals surface area contributed by atoms with E-state index in [1.165, 1.54) is 24.3 Å². The summed E-state index contributed by atoms with van der Waals surface area (Å²) in [5, 5.41) is 2.77. The molecular weight excluding hydrogens is 310 g/mol. The zero-order valence-electron chi connectivity index (χ0n) is 11.2. The largest absolute Gasteiger partial charge is 0.481 e. The second kappa shape index (κ2) is 6.07. The molecule has 0 spiro atoms. The average Bonchev–Trinajstić information content (AvgIpc) is 2.90. The van der Waals surface area contributed by atoms with Gasteiger partial charge in [-0.3, -0.25) is 10.1 Å². The van der Waals surface area contributed by atoms with Crippen LogP contribution in [0, 0.1) is 11.6 Å². The SMILES string of the molecule is O=C(COc1ccccc1F)Nc1nc2c(F)cccc2s1. The van der Waals surface area contributed by atoms with E-state index in [0.29, 0.717) is 4.70 Å². The number of hydrogen-bond acceptors (Lipinski definition) is 4. The fourth-order valence-electron chi connectivity index (χ4n) is 1.83. The summed E-state index contributed by atoms with van der Waals surface area (Å²) < 4.78 is 32.6. The van der Waals surface area contributed by atoms with Crippen LogP contribution in [0.2, 0.25) is 0 Å². The second-order valence-electron chi connectivity index (χ2n) is 4.37. The van der Waals surface area contributed by atoms with Crippen molar-refractivity contribution < 1.29 is 18.3 Å². The highest BCUT2D eigenvalue weighted by Gasteiger charge is 2.11. The number of hydrogen-bond donors (Lipinski definition) is 1. The average molecular weight is 320 g/mol. The third-order valence-corrected chi connectivity index (χ3v) is 3.75. The van der Waals surface area contributed by atoms with Gasteiger partial charge in [-0.2, -0.15) is 0 Å². The maximum absolute atomic E-state index is 13.5. The van der Waals surface area contributed by atoms with E-state index in [9.17, 15) is 13.6 Å². The van der Waals surface area contributed by atoms with Gasteiger partial charge in [-0.05, 0) is 24.3 Å². The number of carbonyl (C=O) groups is 1. The molecule has 7 heteroatoms. The van der Waals surface area contributed by atoms with Crippen LogP contribution in [0.5, 0.6) is 5.75 Å². The molecule has 3 aromatic rings. The summed E-state index contributed by atoms with van der Waals surface area (Å²) in [5.41, 5.74) is 0.206. The van der Waals surface area contributed by atoms with Crippen molar-refractivity contribution in [2.75, 3.05) is 11.9 Å². The van der Waals surface area contributed by atoms with Gasteiger partial charge in [-0.15, -0.1) is 0 Å². The van der Waals surface area contributed by atoms with Gasteiger partial charge in [-0.1, -0.05) is 29.5 Å². The Morgan fingerprint density at radius 1 is 1.14 bits per heavy atom. The Morgan fingerprint density at radius 2 is 1.91 bits per heavy atom. The fraction of sp³-hybridized carbons (Fsp3) is 0.0667. The van der Waals surface area contributed by atoms with Crippen LogP contribution in [-0.2, 0) is 4.79 Å². The van der Waals surface area contributed by atoms with E-state index in [1.807, 2.05) is 0 Å². The molecule has 22 heavy (non-hydrogen) atoms. The minimum Gasteiger partial charge on any atom is -0.481 e. The van der Waals surface area contributed by atoms with Gasteiger partial charge in [-0.25, -0.2) is 13.8 Å². The first-order chi connectivity index (χ1) is 10.6. The van der Waals surface area contributed by atoms with Gasteiger partial charge in [0.25, 0.3) is 5.91 Å². The number of nitrogens with zero attached hydrogens (tertiary/aromatic N) is 1. The van der Waals surface area contributed by atoms with Gasteiger partial charge < -0.3 is 4.74 Å². The molecule has 0 saturated heterocycles. The summed E-state index contributed by atoms with van der Waals surface area (Å²) in [4.78, 5) is 15.8. The molecule has 0 aliphatic rings. The summed E-state index contributed by atoms with van der Waals surface area (Å²) >= 11 is 1.15. The Labute approximate surface area is 128 Å². The fourth-order valence-corrected chi connectivity index (χ4v) is 2.73. The van der Waals surface area contributed by atoms with Gasteiger partial charge in [0.2, 0.25) is 0 Å². The van der Waals surface area contributed by atoms with Crippen LogP contribution in [0.1, 0.15) is 0 Å². The van der Waals surface area contributed by atoms with E-state index >= 15 is 0 Å². The van der Waals surface area contributed by atoms with Gasteiger partial charge in [0.1, 0.15) is 11.3 Å². The number of thiazole rings is 1. The number of nitrogens with one attached hydrogen (secondary N) is 1. The second-order valence-corrected chi connectivity index (χ2v) is 5.40. The molecule has 2 aromatic carbocycles. The number of anilines is 1. The number of halogens is 2. The molecule has 0 unspecified atom stereocenters. The van der Waals surface area contributed by atoms with Crippen LogP contribution in [0.3, 0.4) is 0 Å². The summed E-state index contributed by atoms with van der Waals surface area (Å²) in [6.45, 7) is -0.362. The maximum atomic E-state index is 13.5. The first-order valence-corrected chi connectivity index (χ1v) is 7.17. The number of amides is 1. The number of fused-ring (bicyclic) bond motifs is 1. The quantitative estimate of drug-likeness (QED) is 0.799. The van der Waals surface area contributed by atoms with Crippen molar-refractivity contribution in [2.45, 2.75) is 0 Å². The highest BCUT2D eigenvalue weighted by molar-refractivity contribution is 7.22. The van der Waals surface area contributed by atoms with Crippen molar-refractivity contribution >= 4 is 32.6 Å². The van der Waals surface area contributed by atoms with Crippen LogP contribution < -0.4 is 10.1 Å². The number of benzene rings is 2. The maximum Gasteiger partial charge on any atom is 0.264 e. The Morgan fingerprint density at radius 3 is 2.68 bits per heavy atom. The highest BCUT2D eigenvalue weighted by atomic mass is 32.1. The predicted molar refractivity (Wildman–Crippen MR) is 80.1 cm³/mol. The third-order valence-electron chi connectivity index (χ3n) is 2.81.